The van der Waals surface area contributed by atoms with E-state index in [1.54, 1.807) is 0 Å². The molecular formula is C11H22N2O5S2. The summed E-state index contributed by atoms with van der Waals surface area (Å²) in [6, 6.07) is -0.417. The van der Waals surface area contributed by atoms with Crippen molar-refractivity contribution in [1.29, 1.82) is 0 Å². The van der Waals surface area contributed by atoms with E-state index in [9.17, 15) is 16.8 Å². The van der Waals surface area contributed by atoms with Gasteiger partial charge in [0.15, 0.2) is 0 Å². The van der Waals surface area contributed by atoms with Crippen LogP contribution in [-0.4, -0.2) is 75.8 Å². The molecule has 0 aromatic carbocycles. The number of nitrogens with zero attached hydrogens (tertiary/aromatic N) is 2. The molecule has 118 valence electrons. The highest BCUT2D eigenvalue weighted by atomic mass is 32.2. The van der Waals surface area contributed by atoms with Crippen LogP contribution >= 0.6 is 0 Å². The van der Waals surface area contributed by atoms with E-state index in [-0.39, 0.29) is 37.5 Å². The largest absolute Gasteiger partial charge is 0.374 e. The Kier molecular flexibility index (Phi) is 4.46. The second-order valence-corrected chi connectivity index (χ2v) is 9.86. The summed E-state index contributed by atoms with van der Waals surface area (Å²) in [6.07, 6.45) is 0.764. The van der Waals surface area contributed by atoms with Crippen molar-refractivity contribution in [3.05, 3.63) is 0 Å². The van der Waals surface area contributed by atoms with Gasteiger partial charge in [0, 0.05) is 19.6 Å². The highest BCUT2D eigenvalue weighted by Crippen LogP contribution is 2.27. The van der Waals surface area contributed by atoms with Crippen LogP contribution in [0.25, 0.3) is 0 Å². The van der Waals surface area contributed by atoms with Crippen molar-refractivity contribution in [3.63, 3.8) is 0 Å². The minimum atomic E-state index is -3.39. The van der Waals surface area contributed by atoms with Crippen molar-refractivity contribution in [2.75, 3.05) is 38.2 Å². The van der Waals surface area contributed by atoms with Crippen LogP contribution in [0.1, 0.15) is 13.8 Å². The molecule has 9 heteroatoms. The summed E-state index contributed by atoms with van der Waals surface area (Å²) in [5.74, 6) is 0.141. The molecular weight excluding hydrogens is 304 g/mol. The van der Waals surface area contributed by atoms with Crippen molar-refractivity contribution in [3.8, 4) is 0 Å². The third-order valence-electron chi connectivity index (χ3n) is 3.62. The van der Waals surface area contributed by atoms with Gasteiger partial charge in [-0.1, -0.05) is 13.8 Å². The molecule has 0 radical (unpaired) electrons. The predicted molar refractivity (Wildman–Crippen MR) is 75.3 cm³/mol. The van der Waals surface area contributed by atoms with E-state index in [1.807, 2.05) is 13.8 Å². The molecule has 0 saturated carbocycles. The maximum absolute atomic E-state index is 12.3. The van der Waals surface area contributed by atoms with Gasteiger partial charge < -0.3 is 4.74 Å². The van der Waals surface area contributed by atoms with Gasteiger partial charge in [-0.3, -0.25) is 0 Å². The van der Waals surface area contributed by atoms with E-state index in [0.29, 0.717) is 6.54 Å². The minimum Gasteiger partial charge on any atom is -0.374 e. The summed E-state index contributed by atoms with van der Waals surface area (Å²) >= 11 is 0. The number of rotatable bonds is 3. The van der Waals surface area contributed by atoms with Crippen LogP contribution in [0.5, 0.6) is 0 Å². The Morgan fingerprint density at radius 3 is 2.50 bits per heavy atom. The van der Waals surface area contributed by atoms with Crippen LogP contribution < -0.4 is 0 Å². The molecule has 2 aliphatic heterocycles. The van der Waals surface area contributed by atoms with Gasteiger partial charge in [-0.25, -0.2) is 16.8 Å². The van der Waals surface area contributed by atoms with Crippen molar-refractivity contribution in [2.45, 2.75) is 26.0 Å². The first kappa shape index (κ1) is 16.2. The van der Waals surface area contributed by atoms with Crippen molar-refractivity contribution >= 4 is 20.0 Å². The van der Waals surface area contributed by atoms with Crippen LogP contribution in [0.3, 0.4) is 0 Å². The predicted octanol–water partition coefficient (Wildman–Crippen LogP) is -0.683. The average molecular weight is 326 g/mol. The molecule has 0 amide bonds. The van der Waals surface area contributed by atoms with Crippen molar-refractivity contribution in [1.82, 2.24) is 8.61 Å². The van der Waals surface area contributed by atoms with Crippen LogP contribution in [0, 0.1) is 5.92 Å². The number of ether oxygens (including phenoxy) is 1. The second kappa shape index (κ2) is 5.53. The molecule has 2 aliphatic rings. The van der Waals surface area contributed by atoms with Gasteiger partial charge >= 0.3 is 0 Å². The Balaban J connectivity index is 2.30. The zero-order valence-corrected chi connectivity index (χ0v) is 13.7. The molecule has 0 N–H and O–H groups in total. The summed E-state index contributed by atoms with van der Waals surface area (Å²) in [4.78, 5) is 0. The molecule has 7 nitrogen and oxygen atoms in total. The van der Waals surface area contributed by atoms with E-state index in [1.165, 1.54) is 8.61 Å². The standard InChI is InChI=1S/C11H22N2O5S2/c1-9(2)6-13-10-7-12(19(3,14)15)8-11(10)18-4-5-20(13,16)17/h9-11H,4-8H2,1-3H3/t10-,11+/m1/s1. The topological polar surface area (TPSA) is 84.0 Å². The lowest BCUT2D eigenvalue weighted by molar-refractivity contribution is 0.0476. The number of fused-ring (bicyclic) bond motifs is 1. The van der Waals surface area contributed by atoms with Gasteiger partial charge in [0.2, 0.25) is 20.0 Å². The molecule has 2 heterocycles. The Labute approximate surface area is 121 Å². The average Bonchev–Trinajstić information content (AvgIpc) is 2.64. The third kappa shape index (κ3) is 3.33. The highest BCUT2D eigenvalue weighted by molar-refractivity contribution is 7.89. The Bertz CT molecular complexity index is 557. The summed E-state index contributed by atoms with van der Waals surface area (Å²) in [5, 5.41) is 0. The molecule has 2 rings (SSSR count). The first-order chi connectivity index (χ1) is 9.11. The molecule has 0 aliphatic carbocycles. The maximum atomic E-state index is 12.3. The lowest BCUT2D eigenvalue weighted by atomic mass is 10.1. The fourth-order valence-electron chi connectivity index (χ4n) is 2.67. The molecule has 2 fully saturated rings. The molecule has 20 heavy (non-hydrogen) atoms. The van der Waals surface area contributed by atoms with E-state index in [2.05, 4.69) is 0 Å². The van der Waals surface area contributed by atoms with Crippen LogP contribution in [0.15, 0.2) is 0 Å². The lowest BCUT2D eigenvalue weighted by Gasteiger charge is -2.29. The summed E-state index contributed by atoms with van der Waals surface area (Å²) in [6.45, 7) is 4.81. The number of sulfonamides is 2. The first-order valence-electron chi connectivity index (χ1n) is 6.67. The van der Waals surface area contributed by atoms with Crippen LogP contribution in [0.2, 0.25) is 0 Å². The summed E-state index contributed by atoms with van der Waals surface area (Å²) in [5.41, 5.74) is 0. The zero-order valence-electron chi connectivity index (χ0n) is 12.0. The van der Waals surface area contributed by atoms with Gasteiger partial charge in [0.25, 0.3) is 0 Å². The maximum Gasteiger partial charge on any atom is 0.216 e. The van der Waals surface area contributed by atoms with E-state index >= 15 is 0 Å². The first-order valence-corrected chi connectivity index (χ1v) is 10.1. The second-order valence-electron chi connectivity index (χ2n) is 5.84. The SMILES string of the molecule is CC(C)CN1[C@@H]2CN(S(C)(=O)=O)C[C@@H]2OCCS1(=O)=O. The quantitative estimate of drug-likeness (QED) is 0.686. The monoisotopic (exact) mass is 326 g/mol. The van der Waals surface area contributed by atoms with Gasteiger partial charge in [-0.05, 0) is 5.92 Å². The van der Waals surface area contributed by atoms with E-state index in [4.69, 9.17) is 4.74 Å². The van der Waals surface area contributed by atoms with E-state index in [0.717, 1.165) is 6.26 Å². The normalized spacial score (nSPS) is 32.2. The molecule has 0 bridgehead atoms. The smallest absolute Gasteiger partial charge is 0.216 e. The minimum absolute atomic E-state index is 0.0361. The fraction of sp³-hybridized carbons (Fsp3) is 1.00. The fourth-order valence-corrected chi connectivity index (χ4v) is 5.19. The van der Waals surface area contributed by atoms with Crippen LogP contribution in [-0.2, 0) is 24.8 Å². The molecule has 2 atom stereocenters. The van der Waals surface area contributed by atoms with E-state index < -0.39 is 26.1 Å². The lowest BCUT2D eigenvalue weighted by Crippen LogP contribution is -2.47. The Hall–Kier alpha value is -0.220. The highest BCUT2D eigenvalue weighted by Gasteiger charge is 2.46. The molecule has 0 spiro atoms. The molecule has 0 aromatic rings. The Morgan fingerprint density at radius 2 is 1.95 bits per heavy atom. The van der Waals surface area contributed by atoms with Gasteiger partial charge in [-0.15, -0.1) is 0 Å². The summed E-state index contributed by atoms with van der Waals surface area (Å²) < 4.78 is 56.3. The van der Waals surface area contributed by atoms with Gasteiger partial charge in [-0.2, -0.15) is 8.61 Å². The van der Waals surface area contributed by atoms with Crippen LogP contribution in [0.4, 0.5) is 0 Å². The van der Waals surface area contributed by atoms with Crippen molar-refractivity contribution in [2.24, 2.45) is 5.92 Å². The van der Waals surface area contributed by atoms with Gasteiger partial charge in [0.05, 0.1) is 30.8 Å². The third-order valence-corrected chi connectivity index (χ3v) is 6.67. The summed E-state index contributed by atoms with van der Waals surface area (Å²) in [7, 11) is -6.72. The molecule has 2 saturated heterocycles. The zero-order chi connectivity index (χ0) is 15.1. The molecule has 0 aromatic heterocycles. The van der Waals surface area contributed by atoms with Gasteiger partial charge in [0.1, 0.15) is 0 Å². The number of hydrogen-bond acceptors (Lipinski definition) is 5. The van der Waals surface area contributed by atoms with Crippen molar-refractivity contribution < 1.29 is 21.6 Å². The number of hydrogen-bond donors (Lipinski definition) is 0. The Morgan fingerprint density at radius 1 is 1.30 bits per heavy atom. The molecule has 0 unspecified atom stereocenters.